The van der Waals surface area contributed by atoms with Gasteiger partial charge in [-0.15, -0.1) is 0 Å². The number of ether oxygens (including phenoxy) is 1. The molecule has 8 nitrogen and oxygen atoms in total. The molecule has 4 rings (SSSR count). The molecule has 0 unspecified atom stereocenters. The first-order valence-corrected chi connectivity index (χ1v) is 16.7. The van der Waals surface area contributed by atoms with Gasteiger partial charge in [0.25, 0.3) is 0 Å². The van der Waals surface area contributed by atoms with Crippen LogP contribution in [0.5, 0.6) is 5.75 Å². The van der Waals surface area contributed by atoms with Gasteiger partial charge in [0.15, 0.2) is 23.5 Å². The first kappa shape index (κ1) is 33.3. The van der Waals surface area contributed by atoms with Crippen molar-refractivity contribution in [2.45, 2.75) is 79.7 Å². The number of sulfone groups is 1. The fourth-order valence-electron chi connectivity index (χ4n) is 6.03. The van der Waals surface area contributed by atoms with Crippen LogP contribution in [0.1, 0.15) is 57.6 Å². The molecule has 1 fully saturated rings. The first-order chi connectivity index (χ1) is 19.8. The van der Waals surface area contributed by atoms with Crippen LogP contribution in [0.3, 0.4) is 0 Å². The first-order valence-electron chi connectivity index (χ1n) is 14.8. The van der Waals surface area contributed by atoms with Crippen molar-refractivity contribution in [3.05, 3.63) is 58.7 Å². The van der Waals surface area contributed by atoms with E-state index in [1.165, 1.54) is 11.8 Å². The second-order valence-electron chi connectivity index (χ2n) is 14.1. The van der Waals surface area contributed by atoms with Crippen molar-refractivity contribution in [2.75, 3.05) is 10.6 Å². The van der Waals surface area contributed by atoms with Gasteiger partial charge in [0.1, 0.15) is 42.2 Å². The molecule has 3 N–H and O–H groups in total. The molecule has 1 aliphatic rings. The predicted molar refractivity (Wildman–Crippen MR) is 192 cm³/mol. The normalized spacial score (nSPS) is 17.0. The summed E-state index contributed by atoms with van der Waals surface area (Å²) in [6, 6.07) is 11.0. The second kappa shape index (κ2) is 12.1. The van der Waals surface area contributed by atoms with Gasteiger partial charge in [0.05, 0.1) is 33.2 Å². The van der Waals surface area contributed by atoms with Crippen LogP contribution in [0, 0.1) is 6.92 Å². The molecule has 1 aliphatic heterocycles. The molecule has 0 saturated carbocycles. The van der Waals surface area contributed by atoms with Crippen LogP contribution in [-0.4, -0.2) is 79.0 Å². The van der Waals surface area contributed by atoms with E-state index in [0.29, 0.717) is 23.3 Å². The van der Waals surface area contributed by atoms with Crippen molar-refractivity contribution >= 4 is 83.8 Å². The molecule has 0 radical (unpaired) electrons. The third-order valence-electron chi connectivity index (χ3n) is 7.47. The van der Waals surface area contributed by atoms with Crippen LogP contribution in [0.4, 0.5) is 23.1 Å². The summed E-state index contributed by atoms with van der Waals surface area (Å²) in [5.41, 5.74) is 3.12. The van der Waals surface area contributed by atoms with Crippen LogP contribution in [0.25, 0.3) is 0 Å². The number of benzene rings is 2. The maximum absolute atomic E-state index is 13.0. The largest absolute Gasteiger partial charge is 0.495 e. The molecule has 224 valence electrons. The van der Waals surface area contributed by atoms with Crippen molar-refractivity contribution < 1.29 is 13.2 Å². The molecular formula is C28H41B5ClN5O3S. The monoisotopic (exact) mass is 617 g/mol. The van der Waals surface area contributed by atoms with E-state index in [0.717, 1.165) is 24.1 Å². The smallest absolute Gasteiger partial charge is 0.229 e. The Morgan fingerprint density at radius 2 is 1.70 bits per heavy atom. The van der Waals surface area contributed by atoms with Gasteiger partial charge in [-0.05, 0) is 99.4 Å². The van der Waals surface area contributed by atoms with Crippen LogP contribution < -0.4 is 20.7 Å². The Morgan fingerprint density at radius 1 is 1.07 bits per heavy atom. The summed E-state index contributed by atoms with van der Waals surface area (Å²) in [6.45, 7) is 9.49. The van der Waals surface area contributed by atoms with E-state index in [1.807, 2.05) is 21.7 Å². The van der Waals surface area contributed by atoms with E-state index in [4.69, 9.17) is 16.3 Å². The van der Waals surface area contributed by atoms with E-state index in [-0.39, 0.29) is 26.4 Å². The Labute approximate surface area is 266 Å². The number of nitrogens with zero attached hydrogens (tertiary/aromatic N) is 2. The van der Waals surface area contributed by atoms with E-state index in [9.17, 15) is 8.42 Å². The third kappa shape index (κ3) is 8.14. The number of piperidine rings is 1. The number of aryl methyl sites for hydroxylation is 1. The average molecular weight is 617 g/mol. The topological polar surface area (TPSA) is 105 Å². The van der Waals surface area contributed by atoms with Gasteiger partial charge in [0, 0.05) is 0 Å². The Morgan fingerprint density at radius 3 is 2.30 bits per heavy atom. The van der Waals surface area contributed by atoms with Gasteiger partial charge in [0.2, 0.25) is 5.95 Å². The number of para-hydroxylation sites is 1. The number of halogens is 1. The molecule has 0 bridgehead atoms. The Kier molecular flexibility index (Phi) is 9.37. The third-order valence-corrected chi connectivity index (χ3v) is 9.96. The Bertz CT molecular complexity index is 1600. The van der Waals surface area contributed by atoms with Crippen molar-refractivity contribution in [3.63, 3.8) is 0 Å². The molecule has 1 aromatic heterocycles. The molecule has 1 saturated heterocycles. The lowest BCUT2D eigenvalue weighted by Crippen LogP contribution is -2.64. The molecule has 2 aromatic carbocycles. The quantitative estimate of drug-likeness (QED) is 0.308. The Balaban J connectivity index is 1.71. The van der Waals surface area contributed by atoms with Gasteiger partial charge in [-0.25, -0.2) is 13.4 Å². The molecule has 15 heteroatoms. The SMILES string of the molecule is BC1(B)CC(c2cc(OC(B)(C)C)c(Nc3ncc(Cl)c(Nc4ccccc4S(=O)(=O)C(C)C)n3)cc2C)CC(B)(B)N1. The minimum absolute atomic E-state index is 0.00843. The highest BCUT2D eigenvalue weighted by molar-refractivity contribution is 7.92. The van der Waals surface area contributed by atoms with Crippen LogP contribution in [0.2, 0.25) is 5.02 Å². The fraction of sp³-hybridized carbons (Fsp3) is 0.429. The molecule has 43 heavy (non-hydrogen) atoms. The van der Waals surface area contributed by atoms with Crippen molar-refractivity contribution in [1.82, 2.24) is 15.3 Å². The number of rotatable bonds is 9. The number of anilines is 4. The number of hydrogen-bond acceptors (Lipinski definition) is 8. The summed E-state index contributed by atoms with van der Waals surface area (Å²) < 4.78 is 32.5. The minimum atomic E-state index is -3.54. The van der Waals surface area contributed by atoms with Crippen LogP contribution in [-0.2, 0) is 9.84 Å². The van der Waals surface area contributed by atoms with E-state index >= 15 is 0 Å². The summed E-state index contributed by atoms with van der Waals surface area (Å²) in [5, 5.41) is 9.94. The molecule has 0 aliphatic carbocycles. The van der Waals surface area contributed by atoms with Gasteiger partial charge < -0.3 is 20.7 Å². The molecule has 0 atom stereocenters. The summed E-state index contributed by atoms with van der Waals surface area (Å²) in [7, 11) is 7.54. The highest BCUT2D eigenvalue weighted by Crippen LogP contribution is 2.41. The molecule has 2 heterocycles. The lowest BCUT2D eigenvalue weighted by molar-refractivity contribution is 0.199. The zero-order valence-corrected chi connectivity index (χ0v) is 28.6. The summed E-state index contributed by atoms with van der Waals surface area (Å²) in [6.07, 6.45) is 3.52. The molecule has 3 aromatic rings. The van der Waals surface area contributed by atoms with Crippen LogP contribution >= 0.6 is 11.6 Å². The van der Waals surface area contributed by atoms with Gasteiger partial charge in [-0.1, -0.05) is 23.7 Å². The predicted octanol–water partition coefficient (Wildman–Crippen LogP) is 1.16. The zero-order chi connectivity index (χ0) is 32.0. The average Bonchev–Trinajstić information content (AvgIpc) is 2.85. The summed E-state index contributed by atoms with van der Waals surface area (Å²) >= 11 is 6.48. The molecule has 0 amide bonds. The number of aromatic nitrogens is 2. The number of hydrogen-bond donors (Lipinski definition) is 3. The number of nitrogens with one attached hydrogen (secondary N) is 3. The Hall–Kier alpha value is -2.56. The lowest BCUT2D eigenvalue weighted by atomic mass is 9.46. The van der Waals surface area contributed by atoms with Crippen molar-refractivity contribution in [3.8, 4) is 5.75 Å². The van der Waals surface area contributed by atoms with Gasteiger partial charge in [-0.2, -0.15) is 4.98 Å². The summed E-state index contributed by atoms with van der Waals surface area (Å²) in [4.78, 5) is 9.23. The van der Waals surface area contributed by atoms with Crippen molar-refractivity contribution in [2.24, 2.45) is 0 Å². The van der Waals surface area contributed by atoms with E-state index < -0.39 is 20.6 Å². The van der Waals surface area contributed by atoms with Crippen LogP contribution in [0.15, 0.2) is 47.5 Å². The molecular weight excluding hydrogens is 576 g/mol. The maximum atomic E-state index is 13.0. The standard InChI is InChI=1S/C28H41B5ClN5O3S/c1-15(2)43(40,41)23-9-7-6-8-20(23)36-24-19(34)14-35-25(38-24)37-21-10-16(3)18(11-22(21)42-26(4,5)29)17-12-27(30,31)39-28(32,33)13-17/h6-11,14-15,17,39H,12-13,29-33H2,1-5H3,(H2,35,36,37,38). The van der Waals surface area contributed by atoms with E-state index in [1.54, 1.807) is 38.1 Å². The highest BCUT2D eigenvalue weighted by atomic mass is 35.5. The molecule has 0 spiro atoms. The fourth-order valence-corrected chi connectivity index (χ4v) is 7.37. The second-order valence-corrected chi connectivity index (χ2v) is 17.0. The van der Waals surface area contributed by atoms with Gasteiger partial charge >= 0.3 is 0 Å². The maximum Gasteiger partial charge on any atom is 0.229 e. The zero-order valence-electron chi connectivity index (χ0n) is 27.0. The van der Waals surface area contributed by atoms with Gasteiger partial charge in [-0.3, -0.25) is 0 Å². The van der Waals surface area contributed by atoms with E-state index in [2.05, 4.69) is 76.4 Å². The summed E-state index contributed by atoms with van der Waals surface area (Å²) in [5.74, 6) is 1.67. The lowest BCUT2D eigenvalue weighted by Gasteiger charge is -2.48. The van der Waals surface area contributed by atoms with Crippen molar-refractivity contribution in [1.29, 1.82) is 0 Å². The highest BCUT2D eigenvalue weighted by Gasteiger charge is 2.38. The minimum Gasteiger partial charge on any atom is -0.495 e.